The van der Waals surface area contributed by atoms with Gasteiger partial charge in [0.25, 0.3) is 0 Å². The third-order valence-corrected chi connectivity index (χ3v) is 3.34. The first-order chi connectivity index (χ1) is 10.8. The Morgan fingerprint density at radius 1 is 1.09 bits per heavy atom. The Bertz CT molecular complexity index is 571. The molecule has 2 atom stereocenters. The number of methoxy groups -OCH3 is 4. The average molecular weight is 328 g/mol. The van der Waals surface area contributed by atoms with Crippen LogP contribution in [0.5, 0.6) is 11.5 Å². The van der Waals surface area contributed by atoms with Crippen LogP contribution in [0.4, 0.5) is 0 Å². The van der Waals surface area contributed by atoms with Gasteiger partial charge in [0, 0.05) is 6.42 Å². The number of aliphatic hydroxyl groups excluding tert-OH is 1. The van der Waals surface area contributed by atoms with Crippen LogP contribution in [-0.2, 0) is 25.5 Å². The van der Waals surface area contributed by atoms with Crippen molar-refractivity contribution in [1.29, 1.82) is 0 Å². The second-order valence-electron chi connectivity index (χ2n) is 4.71. The normalized spacial score (nSPS) is 14.3. The second kappa shape index (κ2) is 7.80. The lowest BCUT2D eigenvalue weighted by molar-refractivity contribution is -0.187. The van der Waals surface area contributed by atoms with Crippen LogP contribution in [0.15, 0.2) is 18.2 Å². The lowest BCUT2D eigenvalue weighted by Crippen LogP contribution is -2.55. The Labute approximate surface area is 133 Å². The van der Waals surface area contributed by atoms with Gasteiger partial charge in [0.2, 0.25) is 5.60 Å². The van der Waals surface area contributed by atoms with Gasteiger partial charge in [0.05, 0.1) is 28.4 Å². The second-order valence-corrected chi connectivity index (χ2v) is 4.71. The van der Waals surface area contributed by atoms with Gasteiger partial charge in [-0.3, -0.25) is 0 Å². The molecule has 0 spiro atoms. The molecule has 0 aliphatic rings. The zero-order chi connectivity index (χ0) is 17.6. The van der Waals surface area contributed by atoms with E-state index in [1.54, 1.807) is 12.1 Å². The Hall–Kier alpha value is -2.32. The van der Waals surface area contributed by atoms with Gasteiger partial charge in [0.15, 0.2) is 17.6 Å². The minimum absolute atomic E-state index is 0.366. The van der Waals surface area contributed by atoms with E-state index in [0.717, 1.165) is 14.2 Å². The first-order valence-electron chi connectivity index (χ1n) is 6.61. The van der Waals surface area contributed by atoms with Gasteiger partial charge < -0.3 is 29.2 Å². The number of carbonyl (C=O) groups excluding carboxylic acids is 2. The summed E-state index contributed by atoms with van der Waals surface area (Å²) < 4.78 is 19.1. The first-order valence-corrected chi connectivity index (χ1v) is 6.61. The third-order valence-electron chi connectivity index (χ3n) is 3.34. The van der Waals surface area contributed by atoms with Crippen molar-refractivity contribution in [2.24, 2.45) is 0 Å². The van der Waals surface area contributed by atoms with E-state index in [1.807, 2.05) is 0 Å². The van der Waals surface area contributed by atoms with Crippen molar-refractivity contribution >= 4 is 11.9 Å². The predicted octanol–water partition coefficient (Wildman–Crippen LogP) is -0.316. The highest BCUT2D eigenvalue weighted by Gasteiger charge is 2.49. The molecule has 0 saturated heterocycles. The maximum atomic E-state index is 11.9. The maximum Gasteiger partial charge on any atom is 0.341 e. The molecular weight excluding hydrogens is 308 g/mol. The van der Waals surface area contributed by atoms with Crippen molar-refractivity contribution in [1.82, 2.24) is 0 Å². The van der Waals surface area contributed by atoms with Crippen LogP contribution < -0.4 is 9.47 Å². The lowest BCUT2D eigenvalue weighted by atomic mass is 9.88. The molecule has 0 heterocycles. The third kappa shape index (κ3) is 3.91. The number of carbonyl (C=O) groups is 2. The fourth-order valence-corrected chi connectivity index (χ4v) is 2.07. The maximum absolute atomic E-state index is 11.9. The van der Waals surface area contributed by atoms with E-state index in [9.17, 15) is 19.8 Å². The molecule has 0 fully saturated rings. The van der Waals surface area contributed by atoms with Crippen LogP contribution in [0.2, 0.25) is 0 Å². The minimum Gasteiger partial charge on any atom is -0.493 e. The molecule has 128 valence electrons. The molecule has 1 rings (SSSR count). The van der Waals surface area contributed by atoms with Crippen molar-refractivity contribution in [3.8, 4) is 11.5 Å². The lowest BCUT2D eigenvalue weighted by Gasteiger charge is -2.28. The van der Waals surface area contributed by atoms with Crippen molar-refractivity contribution in [3.05, 3.63) is 23.8 Å². The molecule has 23 heavy (non-hydrogen) atoms. The summed E-state index contributed by atoms with van der Waals surface area (Å²) in [5.41, 5.74) is -2.08. The number of hydrogen-bond acceptors (Lipinski definition) is 8. The standard InChI is InChI=1S/C15H20O8/c1-20-10-6-5-9(7-11(10)21-2)8-15(19,14(18)23-4)12(16)13(17)22-3/h5-7,12,16,19H,8H2,1-4H3/t12-,15-/m1/s1. The Balaban J connectivity index is 3.21. The monoisotopic (exact) mass is 328 g/mol. The molecule has 0 aliphatic heterocycles. The van der Waals surface area contributed by atoms with E-state index in [4.69, 9.17) is 9.47 Å². The number of benzene rings is 1. The molecule has 0 radical (unpaired) electrons. The zero-order valence-corrected chi connectivity index (χ0v) is 13.4. The topological polar surface area (TPSA) is 112 Å². The van der Waals surface area contributed by atoms with Gasteiger partial charge in [-0.1, -0.05) is 6.07 Å². The zero-order valence-electron chi connectivity index (χ0n) is 13.4. The Morgan fingerprint density at radius 2 is 1.70 bits per heavy atom. The first kappa shape index (κ1) is 18.7. The molecule has 1 aromatic rings. The summed E-state index contributed by atoms with van der Waals surface area (Å²) in [6, 6.07) is 4.63. The van der Waals surface area contributed by atoms with Crippen LogP contribution in [0.25, 0.3) is 0 Å². The van der Waals surface area contributed by atoms with Gasteiger partial charge >= 0.3 is 11.9 Å². The van der Waals surface area contributed by atoms with E-state index in [2.05, 4.69) is 9.47 Å². The van der Waals surface area contributed by atoms with E-state index in [1.165, 1.54) is 20.3 Å². The summed E-state index contributed by atoms with van der Waals surface area (Å²) in [7, 11) is 4.95. The summed E-state index contributed by atoms with van der Waals surface area (Å²) in [5.74, 6) is -1.50. The summed E-state index contributed by atoms with van der Waals surface area (Å²) in [4.78, 5) is 23.4. The smallest absolute Gasteiger partial charge is 0.341 e. The quantitative estimate of drug-likeness (QED) is 0.655. The molecule has 0 bridgehead atoms. The number of aliphatic hydroxyl groups is 2. The average Bonchev–Trinajstić information content (AvgIpc) is 2.58. The highest BCUT2D eigenvalue weighted by molar-refractivity contribution is 5.89. The number of ether oxygens (including phenoxy) is 4. The molecule has 0 amide bonds. The van der Waals surface area contributed by atoms with Crippen molar-refractivity contribution in [3.63, 3.8) is 0 Å². The summed E-state index contributed by atoms with van der Waals surface area (Å²) in [6.07, 6.45) is -2.50. The van der Waals surface area contributed by atoms with Crippen molar-refractivity contribution in [2.45, 2.75) is 18.1 Å². The van der Waals surface area contributed by atoms with Crippen molar-refractivity contribution < 1.29 is 38.7 Å². The number of esters is 2. The van der Waals surface area contributed by atoms with Gasteiger partial charge in [-0.05, 0) is 17.7 Å². The molecule has 0 aromatic heterocycles. The number of hydrogen-bond donors (Lipinski definition) is 2. The van der Waals surface area contributed by atoms with E-state index < -0.39 is 30.1 Å². The van der Waals surface area contributed by atoms with Crippen LogP contribution in [0, 0.1) is 0 Å². The molecular formula is C15H20O8. The molecule has 0 aliphatic carbocycles. The Morgan fingerprint density at radius 3 is 2.17 bits per heavy atom. The van der Waals surface area contributed by atoms with E-state index in [-0.39, 0.29) is 0 Å². The van der Waals surface area contributed by atoms with E-state index >= 15 is 0 Å². The molecule has 8 heteroatoms. The highest BCUT2D eigenvalue weighted by Crippen LogP contribution is 2.30. The molecule has 2 N–H and O–H groups in total. The SMILES string of the molecule is COC(=O)[C@@H](O)[C@](O)(Cc1ccc(OC)c(OC)c1)C(=O)OC. The number of rotatable bonds is 7. The van der Waals surface area contributed by atoms with Gasteiger partial charge in [-0.15, -0.1) is 0 Å². The molecule has 0 unspecified atom stereocenters. The summed E-state index contributed by atoms with van der Waals surface area (Å²) in [6.45, 7) is 0. The van der Waals surface area contributed by atoms with Gasteiger partial charge in [-0.25, -0.2) is 9.59 Å². The highest BCUT2D eigenvalue weighted by atomic mass is 16.6. The summed E-state index contributed by atoms with van der Waals surface area (Å²) in [5, 5.41) is 20.4. The fraction of sp³-hybridized carbons (Fsp3) is 0.467. The van der Waals surface area contributed by atoms with Crippen LogP contribution in [0.1, 0.15) is 5.56 Å². The predicted molar refractivity (Wildman–Crippen MR) is 78.2 cm³/mol. The van der Waals surface area contributed by atoms with Gasteiger partial charge in [0.1, 0.15) is 0 Å². The van der Waals surface area contributed by atoms with Crippen molar-refractivity contribution in [2.75, 3.05) is 28.4 Å². The minimum atomic E-state index is -2.50. The largest absolute Gasteiger partial charge is 0.493 e. The van der Waals surface area contributed by atoms with Gasteiger partial charge in [-0.2, -0.15) is 0 Å². The molecule has 0 saturated carbocycles. The Kier molecular flexibility index (Phi) is 6.35. The van der Waals surface area contributed by atoms with Crippen LogP contribution in [-0.4, -0.2) is 62.3 Å². The molecule has 8 nitrogen and oxygen atoms in total. The van der Waals surface area contributed by atoms with E-state index in [0.29, 0.717) is 17.1 Å². The fourth-order valence-electron chi connectivity index (χ4n) is 2.07. The van der Waals surface area contributed by atoms with Crippen LogP contribution >= 0.6 is 0 Å². The molecule has 1 aromatic carbocycles. The van der Waals surface area contributed by atoms with Crippen LogP contribution in [0.3, 0.4) is 0 Å². The summed E-state index contributed by atoms with van der Waals surface area (Å²) >= 11 is 0.